The maximum Gasteiger partial charge on any atom is 0.0825 e. The fourth-order valence-corrected chi connectivity index (χ4v) is 4.73. The fraction of sp³-hybridized carbons (Fsp3) is 0.462. The van der Waals surface area contributed by atoms with Gasteiger partial charge in [-0.3, -0.25) is 5.10 Å². The molecule has 2 aromatic rings. The second-order valence-corrected chi connectivity index (χ2v) is 7.86. The number of aryl methyl sites for hydroxylation is 3. The largest absolute Gasteiger partial charge is 0.375 e. The predicted molar refractivity (Wildman–Crippen MR) is 84.4 cm³/mol. The molecule has 1 aliphatic rings. The van der Waals surface area contributed by atoms with Crippen molar-refractivity contribution in [1.29, 1.82) is 0 Å². The van der Waals surface area contributed by atoms with Crippen LogP contribution in [0, 0.1) is 16.7 Å². The van der Waals surface area contributed by atoms with Crippen molar-refractivity contribution in [3.8, 4) is 0 Å². The van der Waals surface area contributed by atoms with E-state index in [4.69, 9.17) is 0 Å². The van der Waals surface area contributed by atoms with Gasteiger partial charge in [0.05, 0.1) is 26.0 Å². The normalized spacial score (nSPS) is 18.7. The van der Waals surface area contributed by atoms with Crippen LogP contribution < -0.4 is 5.32 Å². The molecule has 1 aliphatic carbocycles. The van der Waals surface area contributed by atoms with Gasteiger partial charge in [0.2, 0.25) is 0 Å². The van der Waals surface area contributed by atoms with Gasteiger partial charge in [0.1, 0.15) is 0 Å². The van der Waals surface area contributed by atoms with E-state index in [0.29, 0.717) is 6.04 Å². The molecule has 0 spiro atoms. The van der Waals surface area contributed by atoms with Gasteiger partial charge in [0.15, 0.2) is 0 Å². The van der Waals surface area contributed by atoms with Crippen molar-refractivity contribution in [1.82, 2.24) is 10.2 Å². The number of H-pyrrole nitrogens is 1. The Kier molecular flexibility index (Phi) is 3.36. The maximum absolute atomic E-state index is 4.26. The van der Waals surface area contributed by atoms with E-state index in [1.807, 2.05) is 18.3 Å². The molecule has 0 radical (unpaired) electrons. The van der Waals surface area contributed by atoms with Crippen LogP contribution in [0.5, 0.6) is 0 Å². The first-order chi connectivity index (χ1) is 8.65. The average molecular weight is 373 g/mol. The van der Waals surface area contributed by atoms with E-state index >= 15 is 0 Å². The number of halogens is 1. The Hall–Kier alpha value is -0.560. The fourth-order valence-electron chi connectivity index (χ4n) is 2.61. The molecule has 96 valence electrons. The molecular weight excluding hydrogens is 357 g/mol. The van der Waals surface area contributed by atoms with Crippen molar-refractivity contribution in [2.45, 2.75) is 39.2 Å². The molecule has 0 fully saturated rings. The summed E-state index contributed by atoms with van der Waals surface area (Å²) in [6.45, 7) is 4.12. The first kappa shape index (κ1) is 12.5. The van der Waals surface area contributed by atoms with Crippen LogP contribution in [0.3, 0.4) is 0 Å². The van der Waals surface area contributed by atoms with E-state index in [1.165, 1.54) is 33.4 Å². The number of aromatic nitrogens is 2. The van der Waals surface area contributed by atoms with Crippen LogP contribution in [0.1, 0.15) is 40.7 Å². The number of thiophene rings is 1. The van der Waals surface area contributed by atoms with E-state index in [1.54, 1.807) is 4.88 Å². The molecule has 2 N–H and O–H groups in total. The minimum absolute atomic E-state index is 0.448. The molecule has 2 heterocycles. The van der Waals surface area contributed by atoms with E-state index in [2.05, 4.69) is 51.1 Å². The Morgan fingerprint density at radius 3 is 3.06 bits per heavy atom. The quantitative estimate of drug-likeness (QED) is 0.776. The highest BCUT2D eigenvalue weighted by molar-refractivity contribution is 14.1. The van der Waals surface area contributed by atoms with Crippen molar-refractivity contribution >= 4 is 39.6 Å². The molecule has 0 saturated heterocycles. The summed E-state index contributed by atoms with van der Waals surface area (Å²) in [4.78, 5) is 1.56. The smallest absolute Gasteiger partial charge is 0.0825 e. The Morgan fingerprint density at radius 1 is 1.50 bits per heavy atom. The zero-order chi connectivity index (χ0) is 12.7. The zero-order valence-electron chi connectivity index (χ0n) is 10.5. The molecule has 0 bridgehead atoms. The lowest BCUT2D eigenvalue weighted by Gasteiger charge is -2.24. The highest BCUT2D eigenvalue weighted by Crippen LogP contribution is 2.38. The Labute approximate surface area is 125 Å². The third kappa shape index (κ3) is 2.18. The molecular formula is C13H16IN3S. The maximum atomic E-state index is 4.26. The molecule has 0 saturated carbocycles. The van der Waals surface area contributed by atoms with Crippen molar-refractivity contribution in [3.63, 3.8) is 0 Å². The summed E-state index contributed by atoms with van der Waals surface area (Å²) in [5.74, 6) is 0. The van der Waals surface area contributed by atoms with Crippen LogP contribution in [-0.2, 0) is 6.42 Å². The van der Waals surface area contributed by atoms with Crippen LogP contribution in [0.4, 0.5) is 5.69 Å². The highest BCUT2D eigenvalue weighted by atomic mass is 127. The number of anilines is 1. The minimum atomic E-state index is 0.448. The van der Waals surface area contributed by atoms with Gasteiger partial charge in [-0.25, -0.2) is 0 Å². The lowest BCUT2D eigenvalue weighted by atomic mass is 9.94. The van der Waals surface area contributed by atoms with Crippen molar-refractivity contribution in [2.75, 3.05) is 5.32 Å². The number of fused-ring (bicyclic) bond motifs is 1. The van der Waals surface area contributed by atoms with Crippen LogP contribution >= 0.6 is 33.9 Å². The van der Waals surface area contributed by atoms with E-state index in [-0.39, 0.29) is 0 Å². The van der Waals surface area contributed by atoms with Crippen LogP contribution in [0.25, 0.3) is 0 Å². The van der Waals surface area contributed by atoms with Gasteiger partial charge in [-0.1, -0.05) is 0 Å². The summed E-state index contributed by atoms with van der Waals surface area (Å²) < 4.78 is 1.40. The first-order valence-corrected chi connectivity index (χ1v) is 8.11. The van der Waals surface area contributed by atoms with Gasteiger partial charge in [-0.05, 0) is 67.3 Å². The average Bonchev–Trinajstić information content (AvgIpc) is 2.86. The molecule has 0 aromatic carbocycles. The Morgan fingerprint density at radius 2 is 2.33 bits per heavy atom. The topological polar surface area (TPSA) is 40.7 Å². The van der Waals surface area contributed by atoms with Gasteiger partial charge >= 0.3 is 0 Å². The lowest BCUT2D eigenvalue weighted by Crippen LogP contribution is -2.16. The van der Waals surface area contributed by atoms with Gasteiger partial charge in [-0.15, -0.1) is 11.3 Å². The molecule has 0 aliphatic heterocycles. The number of hydrogen-bond donors (Lipinski definition) is 2. The summed E-state index contributed by atoms with van der Waals surface area (Å²) in [6, 6.07) is 2.78. The molecule has 1 atom stereocenters. The summed E-state index contributed by atoms with van der Waals surface area (Å²) in [5.41, 5.74) is 4.86. The predicted octanol–water partition coefficient (Wildman–Crippen LogP) is 4.18. The summed E-state index contributed by atoms with van der Waals surface area (Å²) in [6.07, 6.45) is 3.73. The number of hydrogen-bond acceptors (Lipinski definition) is 3. The van der Waals surface area contributed by atoms with Crippen molar-refractivity contribution in [2.24, 2.45) is 0 Å². The molecule has 1 unspecified atom stereocenters. The van der Waals surface area contributed by atoms with E-state index in [9.17, 15) is 0 Å². The Bertz CT molecular complexity index is 553. The molecule has 18 heavy (non-hydrogen) atoms. The van der Waals surface area contributed by atoms with Crippen molar-refractivity contribution < 1.29 is 0 Å². The molecule has 3 nitrogen and oxygen atoms in total. The standard InChI is InChI=1S/C13H16IN3S/c1-7-13(8(2)17-16-7)15-10-4-3-5-11-9(10)6-12(14)18-11/h6,10,15H,3-5H2,1-2H3,(H,16,17). The van der Waals surface area contributed by atoms with Gasteiger partial charge in [-0.2, -0.15) is 5.10 Å². The summed E-state index contributed by atoms with van der Waals surface area (Å²) in [7, 11) is 0. The summed E-state index contributed by atoms with van der Waals surface area (Å²) >= 11 is 4.36. The zero-order valence-corrected chi connectivity index (χ0v) is 13.5. The second kappa shape index (κ2) is 4.85. The summed E-state index contributed by atoms with van der Waals surface area (Å²) in [5, 5.41) is 11.0. The minimum Gasteiger partial charge on any atom is -0.375 e. The third-order valence-corrected chi connectivity index (χ3v) is 5.50. The first-order valence-electron chi connectivity index (χ1n) is 6.21. The van der Waals surface area contributed by atoms with E-state index in [0.717, 1.165) is 11.4 Å². The monoisotopic (exact) mass is 373 g/mol. The van der Waals surface area contributed by atoms with Crippen LogP contribution in [0.2, 0.25) is 0 Å². The van der Waals surface area contributed by atoms with Gasteiger partial charge < -0.3 is 5.32 Å². The molecule has 3 rings (SSSR count). The van der Waals surface area contributed by atoms with Crippen LogP contribution in [0.15, 0.2) is 6.07 Å². The number of nitrogens with zero attached hydrogens (tertiary/aromatic N) is 1. The molecule has 0 amide bonds. The molecule has 5 heteroatoms. The number of nitrogens with one attached hydrogen (secondary N) is 2. The van der Waals surface area contributed by atoms with E-state index < -0.39 is 0 Å². The van der Waals surface area contributed by atoms with Gasteiger partial charge in [0, 0.05) is 4.88 Å². The number of rotatable bonds is 2. The van der Waals surface area contributed by atoms with Crippen LogP contribution in [-0.4, -0.2) is 10.2 Å². The Balaban J connectivity index is 1.91. The number of aromatic amines is 1. The lowest BCUT2D eigenvalue weighted by molar-refractivity contribution is 0.608. The van der Waals surface area contributed by atoms with Gasteiger partial charge in [0.25, 0.3) is 0 Å². The molecule has 2 aromatic heterocycles. The third-order valence-electron chi connectivity index (χ3n) is 3.53. The second-order valence-electron chi connectivity index (χ2n) is 4.83. The highest BCUT2D eigenvalue weighted by Gasteiger charge is 2.23. The SMILES string of the molecule is Cc1n[nH]c(C)c1NC1CCCc2sc(I)cc21. The van der Waals surface area contributed by atoms with Crippen molar-refractivity contribution in [3.05, 3.63) is 30.8 Å².